The molecule has 1 amide bonds. The zero-order chi connectivity index (χ0) is 18.6. The first-order valence-corrected chi connectivity index (χ1v) is 9.49. The molecule has 0 spiro atoms. The molecule has 144 valence electrons. The molecule has 4 rings (SSSR count). The number of aromatic nitrogens is 2. The number of benzene rings is 1. The predicted octanol–water partition coefficient (Wildman–Crippen LogP) is 1.37. The maximum Gasteiger partial charge on any atom is 0.324 e. The summed E-state index contributed by atoms with van der Waals surface area (Å²) >= 11 is 6.02. The number of hydrogen-bond acceptors (Lipinski definition) is 7. The highest BCUT2D eigenvalue weighted by atomic mass is 35.5. The van der Waals surface area contributed by atoms with E-state index in [0.29, 0.717) is 62.8 Å². The maximum absolute atomic E-state index is 12.5. The highest BCUT2D eigenvalue weighted by molar-refractivity contribution is 6.30. The van der Waals surface area contributed by atoms with Crippen LogP contribution in [0.2, 0.25) is 5.02 Å². The fraction of sp³-hybridized carbons (Fsp3) is 0.500. The van der Waals surface area contributed by atoms with Gasteiger partial charge in [-0.2, -0.15) is 4.98 Å². The molecule has 9 heteroatoms. The van der Waals surface area contributed by atoms with Crippen LogP contribution in [0.25, 0.3) is 11.4 Å². The first-order valence-electron chi connectivity index (χ1n) is 9.11. The average molecular weight is 392 g/mol. The van der Waals surface area contributed by atoms with Crippen molar-refractivity contribution in [3.8, 4) is 11.4 Å². The van der Waals surface area contributed by atoms with Gasteiger partial charge in [0.05, 0.1) is 19.8 Å². The van der Waals surface area contributed by atoms with Gasteiger partial charge in [0.15, 0.2) is 0 Å². The van der Waals surface area contributed by atoms with Gasteiger partial charge in [0.25, 0.3) is 0 Å². The lowest BCUT2D eigenvalue weighted by atomic mass is 10.2. The van der Waals surface area contributed by atoms with Gasteiger partial charge in [-0.25, -0.2) is 0 Å². The number of hydrogen-bond donors (Lipinski definition) is 0. The monoisotopic (exact) mass is 391 g/mol. The Morgan fingerprint density at radius 2 is 1.89 bits per heavy atom. The number of anilines is 1. The Bertz CT molecular complexity index is 785. The third-order valence-electron chi connectivity index (χ3n) is 4.86. The van der Waals surface area contributed by atoms with Crippen molar-refractivity contribution in [1.82, 2.24) is 19.9 Å². The number of piperazine rings is 1. The second-order valence-corrected chi connectivity index (χ2v) is 7.10. The largest absolute Gasteiger partial charge is 0.379 e. The van der Waals surface area contributed by atoms with Gasteiger partial charge in [-0.05, 0) is 12.1 Å². The predicted molar refractivity (Wildman–Crippen MR) is 101 cm³/mol. The first-order chi connectivity index (χ1) is 13.2. The molecular weight excluding hydrogens is 370 g/mol. The normalized spacial score (nSPS) is 18.7. The van der Waals surface area contributed by atoms with Crippen molar-refractivity contribution in [2.24, 2.45) is 0 Å². The first kappa shape index (κ1) is 18.2. The summed E-state index contributed by atoms with van der Waals surface area (Å²) in [4.78, 5) is 23.0. The molecule has 0 N–H and O–H groups in total. The number of carbonyl (C=O) groups excluding carboxylic acids is 1. The second-order valence-electron chi connectivity index (χ2n) is 6.67. The van der Waals surface area contributed by atoms with Crippen LogP contribution in [0.1, 0.15) is 0 Å². The van der Waals surface area contributed by atoms with E-state index in [4.69, 9.17) is 20.9 Å². The van der Waals surface area contributed by atoms with Gasteiger partial charge >= 0.3 is 6.01 Å². The molecule has 2 fully saturated rings. The Morgan fingerprint density at radius 3 is 2.63 bits per heavy atom. The molecule has 0 aliphatic carbocycles. The van der Waals surface area contributed by atoms with E-state index in [1.54, 1.807) is 12.1 Å². The number of rotatable bonds is 4. The smallest absolute Gasteiger partial charge is 0.324 e. The number of halogens is 1. The SMILES string of the molecule is O=C(CN1CCOCC1)N1CCN(c2nc(-c3cccc(Cl)c3)no2)CC1. The average Bonchev–Trinajstić information content (AvgIpc) is 3.19. The summed E-state index contributed by atoms with van der Waals surface area (Å²) in [6.07, 6.45) is 0. The number of nitrogens with zero attached hydrogens (tertiary/aromatic N) is 5. The number of morpholine rings is 1. The summed E-state index contributed by atoms with van der Waals surface area (Å²) in [6.45, 7) is 6.15. The Hall–Kier alpha value is -2.16. The van der Waals surface area contributed by atoms with Crippen molar-refractivity contribution in [2.75, 3.05) is 63.9 Å². The van der Waals surface area contributed by atoms with E-state index in [-0.39, 0.29) is 5.91 Å². The van der Waals surface area contributed by atoms with Gasteiger partial charge < -0.3 is 19.1 Å². The van der Waals surface area contributed by atoms with Crippen molar-refractivity contribution >= 4 is 23.5 Å². The molecule has 0 atom stereocenters. The van der Waals surface area contributed by atoms with Crippen LogP contribution in [0.15, 0.2) is 28.8 Å². The molecule has 2 aliphatic rings. The molecule has 2 aromatic rings. The standard InChI is InChI=1S/C18H22ClN5O3/c19-15-3-1-2-14(12-15)17-20-18(27-21-17)24-6-4-23(5-7-24)16(25)13-22-8-10-26-11-9-22/h1-3,12H,4-11,13H2. The third-order valence-corrected chi connectivity index (χ3v) is 5.10. The molecule has 0 bridgehead atoms. The number of carbonyl (C=O) groups is 1. The Balaban J connectivity index is 1.32. The fourth-order valence-corrected chi connectivity index (χ4v) is 3.48. The van der Waals surface area contributed by atoms with E-state index < -0.39 is 0 Å². The van der Waals surface area contributed by atoms with Crippen molar-refractivity contribution in [2.45, 2.75) is 0 Å². The Labute approximate surface area is 162 Å². The lowest BCUT2D eigenvalue weighted by Crippen LogP contribution is -2.52. The highest BCUT2D eigenvalue weighted by Gasteiger charge is 2.26. The van der Waals surface area contributed by atoms with E-state index in [2.05, 4.69) is 15.0 Å². The van der Waals surface area contributed by atoms with E-state index in [1.807, 2.05) is 21.9 Å². The molecule has 3 heterocycles. The van der Waals surface area contributed by atoms with Gasteiger partial charge in [-0.3, -0.25) is 9.69 Å². The molecule has 1 aromatic carbocycles. The van der Waals surface area contributed by atoms with Gasteiger partial charge in [0.1, 0.15) is 0 Å². The van der Waals surface area contributed by atoms with E-state index in [0.717, 1.165) is 18.7 Å². The van der Waals surface area contributed by atoms with E-state index in [1.165, 1.54) is 0 Å². The van der Waals surface area contributed by atoms with Gasteiger partial charge in [0.2, 0.25) is 11.7 Å². The summed E-state index contributed by atoms with van der Waals surface area (Å²) in [7, 11) is 0. The van der Waals surface area contributed by atoms with Crippen molar-refractivity contribution in [3.05, 3.63) is 29.3 Å². The van der Waals surface area contributed by atoms with Crippen LogP contribution >= 0.6 is 11.6 Å². The number of ether oxygens (including phenoxy) is 1. The summed E-state index contributed by atoms with van der Waals surface area (Å²) in [5.41, 5.74) is 0.817. The Morgan fingerprint density at radius 1 is 1.11 bits per heavy atom. The fourth-order valence-electron chi connectivity index (χ4n) is 3.29. The zero-order valence-corrected chi connectivity index (χ0v) is 15.8. The van der Waals surface area contributed by atoms with Crippen molar-refractivity contribution in [1.29, 1.82) is 0 Å². The molecule has 1 aromatic heterocycles. The van der Waals surface area contributed by atoms with Crippen LogP contribution < -0.4 is 4.90 Å². The third kappa shape index (κ3) is 4.40. The maximum atomic E-state index is 12.5. The molecular formula is C18H22ClN5O3. The lowest BCUT2D eigenvalue weighted by molar-refractivity contribution is -0.133. The van der Waals surface area contributed by atoms with Gasteiger partial charge in [0, 0.05) is 49.9 Å². The Kier molecular flexibility index (Phi) is 5.56. The van der Waals surface area contributed by atoms with Gasteiger partial charge in [-0.15, -0.1) is 0 Å². The quantitative estimate of drug-likeness (QED) is 0.779. The molecule has 0 saturated carbocycles. The summed E-state index contributed by atoms with van der Waals surface area (Å²) in [6, 6.07) is 7.83. The highest BCUT2D eigenvalue weighted by Crippen LogP contribution is 2.23. The van der Waals surface area contributed by atoms with Crippen LogP contribution in [-0.2, 0) is 9.53 Å². The van der Waals surface area contributed by atoms with Crippen LogP contribution in [0.5, 0.6) is 0 Å². The van der Waals surface area contributed by atoms with Crippen molar-refractivity contribution < 1.29 is 14.1 Å². The van der Waals surface area contributed by atoms with Crippen LogP contribution in [0.4, 0.5) is 6.01 Å². The molecule has 2 saturated heterocycles. The topological polar surface area (TPSA) is 74.9 Å². The van der Waals surface area contributed by atoms with Crippen LogP contribution in [-0.4, -0.2) is 84.9 Å². The van der Waals surface area contributed by atoms with Crippen LogP contribution in [0, 0.1) is 0 Å². The number of amides is 1. The molecule has 27 heavy (non-hydrogen) atoms. The second kappa shape index (κ2) is 8.24. The van der Waals surface area contributed by atoms with Gasteiger partial charge in [-0.1, -0.05) is 28.9 Å². The molecule has 0 radical (unpaired) electrons. The molecule has 0 unspecified atom stereocenters. The molecule has 2 aliphatic heterocycles. The zero-order valence-electron chi connectivity index (χ0n) is 15.0. The van der Waals surface area contributed by atoms with E-state index >= 15 is 0 Å². The van der Waals surface area contributed by atoms with Crippen molar-refractivity contribution in [3.63, 3.8) is 0 Å². The minimum absolute atomic E-state index is 0.168. The molecule has 8 nitrogen and oxygen atoms in total. The van der Waals surface area contributed by atoms with E-state index in [9.17, 15) is 4.79 Å². The van der Waals surface area contributed by atoms with Crippen LogP contribution in [0.3, 0.4) is 0 Å². The summed E-state index contributed by atoms with van der Waals surface area (Å²) in [5.74, 6) is 0.681. The minimum Gasteiger partial charge on any atom is -0.379 e. The summed E-state index contributed by atoms with van der Waals surface area (Å²) < 4.78 is 10.7. The lowest BCUT2D eigenvalue weighted by Gasteiger charge is -2.35. The minimum atomic E-state index is 0.168. The summed E-state index contributed by atoms with van der Waals surface area (Å²) in [5, 5.41) is 4.68.